The van der Waals surface area contributed by atoms with Crippen molar-refractivity contribution in [2.45, 2.75) is 57.7 Å². The Kier molecular flexibility index (Phi) is 10.9. The zero-order chi connectivity index (χ0) is 36.9. The molecule has 3 heterocycles. The SMILES string of the molecule is COc1cc(-c2cc(CN3CCN(Cc4ccnc(-c5cc(OC)c(OC)c(OC)c5)c4)C(Cc4ccccc4)C3=O)ccn2)cc(C2CCC2)c1C. The third-order valence-electron chi connectivity index (χ3n) is 10.8. The second-order valence-electron chi connectivity index (χ2n) is 14.0. The molecule has 2 aromatic heterocycles. The fraction of sp³-hybridized carbons (Fsp3) is 0.341. The highest BCUT2D eigenvalue weighted by molar-refractivity contribution is 5.83. The van der Waals surface area contributed by atoms with Crippen LogP contribution in [0.15, 0.2) is 91.3 Å². The average molecular weight is 713 g/mol. The van der Waals surface area contributed by atoms with Gasteiger partial charge in [0.25, 0.3) is 0 Å². The molecule has 1 aliphatic carbocycles. The van der Waals surface area contributed by atoms with Gasteiger partial charge in [-0.05, 0) is 108 Å². The summed E-state index contributed by atoms with van der Waals surface area (Å²) in [7, 11) is 6.54. The second kappa shape index (κ2) is 16.1. The molecule has 9 heteroatoms. The number of nitrogens with zero attached hydrogens (tertiary/aromatic N) is 4. The molecular formula is C44H48N4O5. The van der Waals surface area contributed by atoms with E-state index < -0.39 is 0 Å². The quantitative estimate of drug-likeness (QED) is 0.122. The summed E-state index contributed by atoms with van der Waals surface area (Å²) in [5, 5.41) is 0. The smallest absolute Gasteiger partial charge is 0.240 e. The van der Waals surface area contributed by atoms with Crippen molar-refractivity contribution in [1.29, 1.82) is 0 Å². The highest BCUT2D eigenvalue weighted by Crippen LogP contribution is 2.43. The Bertz CT molecular complexity index is 2040. The van der Waals surface area contributed by atoms with E-state index in [0.717, 1.165) is 51.5 Å². The minimum atomic E-state index is -0.323. The van der Waals surface area contributed by atoms with Gasteiger partial charge < -0.3 is 23.8 Å². The number of methoxy groups -OCH3 is 4. The summed E-state index contributed by atoms with van der Waals surface area (Å²) >= 11 is 0. The van der Waals surface area contributed by atoms with Crippen LogP contribution in [-0.2, 0) is 24.3 Å². The molecule has 2 fully saturated rings. The monoisotopic (exact) mass is 712 g/mol. The lowest BCUT2D eigenvalue weighted by atomic mass is 9.77. The summed E-state index contributed by atoms with van der Waals surface area (Å²) in [4.78, 5) is 28.2. The van der Waals surface area contributed by atoms with Gasteiger partial charge in [-0.15, -0.1) is 0 Å². The molecule has 9 nitrogen and oxygen atoms in total. The minimum Gasteiger partial charge on any atom is -0.496 e. The van der Waals surface area contributed by atoms with Crippen molar-refractivity contribution in [1.82, 2.24) is 19.8 Å². The molecule has 274 valence electrons. The number of piperazine rings is 1. The van der Waals surface area contributed by atoms with Crippen LogP contribution in [0.2, 0.25) is 0 Å². The molecule has 0 spiro atoms. The van der Waals surface area contributed by atoms with Crippen LogP contribution in [0, 0.1) is 6.92 Å². The first kappa shape index (κ1) is 36.0. The maximum absolute atomic E-state index is 14.5. The molecule has 1 aliphatic heterocycles. The molecule has 0 N–H and O–H groups in total. The van der Waals surface area contributed by atoms with Gasteiger partial charge in [0.15, 0.2) is 11.5 Å². The van der Waals surface area contributed by atoms with Crippen molar-refractivity contribution < 1.29 is 23.7 Å². The van der Waals surface area contributed by atoms with Crippen LogP contribution in [0.3, 0.4) is 0 Å². The van der Waals surface area contributed by atoms with Gasteiger partial charge in [0.2, 0.25) is 11.7 Å². The van der Waals surface area contributed by atoms with Crippen molar-refractivity contribution in [2.24, 2.45) is 0 Å². The van der Waals surface area contributed by atoms with Crippen molar-refractivity contribution in [3.63, 3.8) is 0 Å². The molecule has 1 saturated carbocycles. The van der Waals surface area contributed by atoms with E-state index in [1.165, 1.54) is 30.4 Å². The van der Waals surface area contributed by atoms with Crippen LogP contribution < -0.4 is 18.9 Å². The molecular weight excluding hydrogens is 665 g/mol. The minimum absolute atomic E-state index is 0.127. The Morgan fingerprint density at radius 1 is 0.679 bits per heavy atom. The molecule has 0 radical (unpaired) electrons. The molecule has 53 heavy (non-hydrogen) atoms. The van der Waals surface area contributed by atoms with E-state index in [-0.39, 0.29) is 11.9 Å². The number of carbonyl (C=O) groups is 1. The lowest BCUT2D eigenvalue weighted by molar-refractivity contribution is -0.142. The highest BCUT2D eigenvalue weighted by atomic mass is 16.5. The van der Waals surface area contributed by atoms with E-state index in [1.54, 1.807) is 28.4 Å². The van der Waals surface area contributed by atoms with Crippen LogP contribution in [0.4, 0.5) is 0 Å². The van der Waals surface area contributed by atoms with E-state index >= 15 is 0 Å². The topological polar surface area (TPSA) is 86.3 Å². The predicted octanol–water partition coefficient (Wildman–Crippen LogP) is 7.88. The van der Waals surface area contributed by atoms with Crippen LogP contribution in [0.25, 0.3) is 22.5 Å². The lowest BCUT2D eigenvalue weighted by Gasteiger charge is -2.41. The highest BCUT2D eigenvalue weighted by Gasteiger charge is 2.35. The number of rotatable bonds is 13. The van der Waals surface area contributed by atoms with Crippen molar-refractivity contribution >= 4 is 5.91 Å². The number of amides is 1. The van der Waals surface area contributed by atoms with Crippen LogP contribution in [-0.4, -0.2) is 73.2 Å². The molecule has 3 aromatic carbocycles. The average Bonchev–Trinajstić information content (AvgIpc) is 3.17. The first-order chi connectivity index (χ1) is 25.9. The zero-order valence-electron chi connectivity index (χ0n) is 31.3. The van der Waals surface area contributed by atoms with Gasteiger partial charge in [0.1, 0.15) is 5.75 Å². The number of hydrogen-bond donors (Lipinski definition) is 0. The third-order valence-corrected chi connectivity index (χ3v) is 10.8. The van der Waals surface area contributed by atoms with E-state index in [4.69, 9.17) is 23.9 Å². The number of carbonyl (C=O) groups excluding carboxylic acids is 1. The zero-order valence-corrected chi connectivity index (χ0v) is 31.3. The Balaban J connectivity index is 1.13. The van der Waals surface area contributed by atoms with Gasteiger partial charge in [-0.25, -0.2) is 0 Å². The summed E-state index contributed by atoms with van der Waals surface area (Å²) in [6.07, 6.45) is 8.00. The summed E-state index contributed by atoms with van der Waals surface area (Å²) in [6.45, 7) is 4.64. The Morgan fingerprint density at radius 2 is 1.28 bits per heavy atom. The molecule has 2 aliphatic rings. The van der Waals surface area contributed by atoms with Gasteiger partial charge in [-0.2, -0.15) is 0 Å². The fourth-order valence-electron chi connectivity index (χ4n) is 7.64. The normalized spacial score (nSPS) is 16.3. The van der Waals surface area contributed by atoms with Crippen molar-refractivity contribution in [3.05, 3.63) is 119 Å². The Hall–Kier alpha value is -5.41. The molecule has 0 bridgehead atoms. The first-order valence-corrected chi connectivity index (χ1v) is 18.3. The van der Waals surface area contributed by atoms with Crippen molar-refractivity contribution in [2.75, 3.05) is 41.5 Å². The fourth-order valence-corrected chi connectivity index (χ4v) is 7.64. The largest absolute Gasteiger partial charge is 0.496 e. The van der Waals surface area contributed by atoms with Crippen molar-refractivity contribution in [3.8, 4) is 45.5 Å². The van der Waals surface area contributed by atoms with E-state index in [1.807, 2.05) is 59.8 Å². The maximum atomic E-state index is 14.5. The van der Waals surface area contributed by atoms with Gasteiger partial charge >= 0.3 is 0 Å². The number of hydrogen-bond acceptors (Lipinski definition) is 8. The Labute approximate surface area is 312 Å². The number of benzene rings is 3. The molecule has 7 rings (SSSR count). The molecule has 1 saturated heterocycles. The number of ether oxygens (including phenoxy) is 4. The van der Waals surface area contributed by atoms with Gasteiger partial charge in [-0.1, -0.05) is 36.8 Å². The van der Waals surface area contributed by atoms with Crippen LogP contribution >= 0.6 is 0 Å². The summed E-state index contributed by atoms with van der Waals surface area (Å²) < 4.78 is 22.5. The first-order valence-electron chi connectivity index (χ1n) is 18.3. The van der Waals surface area contributed by atoms with E-state index in [0.29, 0.717) is 49.2 Å². The van der Waals surface area contributed by atoms with Crippen LogP contribution in [0.5, 0.6) is 23.0 Å². The molecule has 1 atom stereocenters. The molecule has 5 aromatic rings. The van der Waals surface area contributed by atoms with Gasteiger partial charge in [-0.3, -0.25) is 19.7 Å². The number of pyridine rings is 2. The van der Waals surface area contributed by atoms with E-state index in [2.05, 4.69) is 53.2 Å². The second-order valence-corrected chi connectivity index (χ2v) is 14.0. The predicted molar refractivity (Wildman–Crippen MR) is 207 cm³/mol. The summed E-state index contributed by atoms with van der Waals surface area (Å²) in [5.41, 5.74) is 9.42. The standard InChI is InChI=1S/C44H48N4O5/c1-29-36(33-12-9-13-33)23-34(24-40(29)50-2)37-21-32(15-17-45-37)28-48-19-18-47(39(44(48)49)22-30-10-7-6-8-11-30)27-31-14-16-46-38(20-31)35-25-41(51-3)43(53-5)42(26-35)52-4/h6-8,10-11,14-17,20-21,23-26,33,39H,9,12-13,18-19,22,27-28H2,1-5H3. The van der Waals surface area contributed by atoms with Crippen LogP contribution in [0.1, 0.15) is 53.0 Å². The molecule has 1 amide bonds. The summed E-state index contributed by atoms with van der Waals surface area (Å²) in [5.74, 6) is 3.27. The molecule has 1 unspecified atom stereocenters. The lowest BCUT2D eigenvalue weighted by Crippen LogP contribution is -2.57. The third kappa shape index (κ3) is 7.71. The van der Waals surface area contributed by atoms with Gasteiger partial charge in [0, 0.05) is 49.7 Å². The number of aromatic nitrogens is 2. The Morgan fingerprint density at radius 3 is 1.87 bits per heavy atom. The van der Waals surface area contributed by atoms with E-state index in [9.17, 15) is 4.79 Å². The summed E-state index contributed by atoms with van der Waals surface area (Å²) in [6, 6.07) is 26.4. The van der Waals surface area contributed by atoms with Gasteiger partial charge in [0.05, 0.1) is 45.9 Å². The maximum Gasteiger partial charge on any atom is 0.240 e.